The number of rotatable bonds is 8. The number of furan rings is 1. The van der Waals surface area contributed by atoms with Crippen molar-refractivity contribution < 1.29 is 35.5 Å². The summed E-state index contributed by atoms with van der Waals surface area (Å²) >= 11 is 4.04. The Bertz CT molecular complexity index is 1160. The van der Waals surface area contributed by atoms with Crippen molar-refractivity contribution in [3.63, 3.8) is 0 Å². The molecule has 0 bridgehead atoms. The summed E-state index contributed by atoms with van der Waals surface area (Å²) in [6, 6.07) is 8.61. The number of hydrogen-bond acceptors (Lipinski definition) is 8. The minimum atomic E-state index is -4.86. The predicted molar refractivity (Wildman–Crippen MR) is 119 cm³/mol. The lowest BCUT2D eigenvalue weighted by molar-refractivity contribution is -0.139. The zero-order chi connectivity index (χ0) is 24.1. The van der Waals surface area contributed by atoms with Gasteiger partial charge in [-0.05, 0) is 46.5 Å². The van der Waals surface area contributed by atoms with Gasteiger partial charge in [-0.3, -0.25) is 9.79 Å². The molecule has 0 amide bonds. The number of nitrogens with zero attached hydrogens (tertiary/aromatic N) is 1. The van der Waals surface area contributed by atoms with Gasteiger partial charge >= 0.3 is 12.1 Å². The molecular formula is C19H18BrF3N2O5S2. The second-order valence-corrected chi connectivity index (χ2v) is 9.90. The Labute approximate surface area is 195 Å². The van der Waals surface area contributed by atoms with Gasteiger partial charge in [0.15, 0.2) is 15.6 Å². The molecule has 0 radical (unpaired) electrons. The number of sulfone groups is 1. The van der Waals surface area contributed by atoms with E-state index in [0.29, 0.717) is 5.56 Å². The van der Waals surface area contributed by atoms with Gasteiger partial charge in [-0.1, -0.05) is 12.1 Å². The van der Waals surface area contributed by atoms with E-state index < -0.39 is 38.7 Å². The molecule has 1 aromatic carbocycles. The number of esters is 1. The second kappa shape index (κ2) is 10.6. The monoisotopic (exact) mass is 554 g/mol. The van der Waals surface area contributed by atoms with Crippen molar-refractivity contribution >= 4 is 49.2 Å². The van der Waals surface area contributed by atoms with Crippen molar-refractivity contribution in [3.05, 3.63) is 52.3 Å². The summed E-state index contributed by atoms with van der Waals surface area (Å²) in [6.07, 6.45) is -2.12. The quantitative estimate of drug-likeness (QED) is 0.296. The number of aliphatic imine (C=N–C) groups is 1. The molecule has 2 aromatic rings. The first-order valence-corrected chi connectivity index (χ1v) is 12.7. The molecule has 2 rings (SSSR count). The van der Waals surface area contributed by atoms with E-state index >= 15 is 0 Å². The molecule has 174 valence electrons. The molecule has 7 nitrogen and oxygen atoms in total. The molecule has 0 fully saturated rings. The van der Waals surface area contributed by atoms with Crippen LogP contribution in [0.15, 0.2) is 60.9 Å². The summed E-state index contributed by atoms with van der Waals surface area (Å²) in [4.78, 5) is 15.7. The molecule has 0 aliphatic rings. The van der Waals surface area contributed by atoms with Gasteiger partial charge in [0.2, 0.25) is 0 Å². The number of benzene rings is 1. The molecule has 1 aromatic heterocycles. The highest BCUT2D eigenvalue weighted by atomic mass is 79.9. The van der Waals surface area contributed by atoms with Crippen molar-refractivity contribution in [2.75, 3.05) is 25.0 Å². The van der Waals surface area contributed by atoms with Crippen LogP contribution in [0.2, 0.25) is 0 Å². The molecule has 0 saturated carbocycles. The highest BCUT2D eigenvalue weighted by molar-refractivity contribution is 9.12. The van der Waals surface area contributed by atoms with Crippen LogP contribution in [0, 0.1) is 0 Å². The first-order chi connectivity index (χ1) is 14.8. The van der Waals surface area contributed by atoms with E-state index in [-0.39, 0.29) is 28.1 Å². The number of ether oxygens (including phenoxy) is 1. The SMILES string of the molecule is CSCOC(=O)CN=C(C(Br)=C(N)C(F)(F)F)c1ccc(-c2cccc(S(C)(=O)=O)c2)o1. The Morgan fingerprint density at radius 1 is 1.28 bits per heavy atom. The molecule has 0 aliphatic carbocycles. The van der Waals surface area contributed by atoms with Crippen LogP contribution >= 0.6 is 27.7 Å². The third-order valence-corrected chi connectivity index (χ3v) is 6.11. The van der Waals surface area contributed by atoms with Crippen LogP contribution in [-0.2, 0) is 19.4 Å². The Morgan fingerprint density at radius 3 is 2.56 bits per heavy atom. The molecule has 32 heavy (non-hydrogen) atoms. The van der Waals surface area contributed by atoms with Gasteiger partial charge in [-0.2, -0.15) is 13.2 Å². The fraction of sp³-hybridized carbons (Fsp3) is 0.263. The zero-order valence-electron chi connectivity index (χ0n) is 16.8. The minimum Gasteiger partial charge on any atom is -0.454 e. The number of halogens is 4. The van der Waals surface area contributed by atoms with Gasteiger partial charge in [0, 0.05) is 11.8 Å². The van der Waals surface area contributed by atoms with Gasteiger partial charge in [-0.15, -0.1) is 11.8 Å². The number of alkyl halides is 3. The molecule has 13 heteroatoms. The third-order valence-electron chi connectivity index (χ3n) is 3.84. The van der Waals surface area contributed by atoms with Crippen LogP contribution < -0.4 is 5.73 Å². The molecule has 0 unspecified atom stereocenters. The lowest BCUT2D eigenvalue weighted by Gasteiger charge is -2.11. The van der Waals surface area contributed by atoms with Crippen LogP contribution in [0.5, 0.6) is 0 Å². The summed E-state index contributed by atoms with van der Waals surface area (Å²) in [5, 5.41) is 0. The van der Waals surface area contributed by atoms with E-state index in [1.54, 1.807) is 12.3 Å². The van der Waals surface area contributed by atoms with Gasteiger partial charge in [0.1, 0.15) is 29.7 Å². The summed E-state index contributed by atoms with van der Waals surface area (Å²) < 4.78 is 72.8. The van der Waals surface area contributed by atoms with E-state index in [1.165, 1.54) is 42.1 Å². The predicted octanol–water partition coefficient (Wildman–Crippen LogP) is 4.13. The number of nitrogens with two attached hydrogens (primary N) is 1. The number of carbonyl (C=O) groups excluding carboxylic acids is 1. The van der Waals surface area contributed by atoms with E-state index in [2.05, 4.69) is 20.9 Å². The summed E-state index contributed by atoms with van der Waals surface area (Å²) in [6.45, 7) is -0.574. The number of thioether (sulfide) groups is 1. The average Bonchev–Trinajstić information content (AvgIpc) is 3.20. The smallest absolute Gasteiger partial charge is 0.431 e. The van der Waals surface area contributed by atoms with Crippen LogP contribution in [-0.4, -0.2) is 51.3 Å². The van der Waals surface area contributed by atoms with Crippen LogP contribution in [0.25, 0.3) is 11.3 Å². The molecule has 0 aliphatic heterocycles. The summed E-state index contributed by atoms with van der Waals surface area (Å²) in [5.74, 6) is -0.640. The molecule has 1 heterocycles. The number of carbonyl (C=O) groups is 1. The standard InChI is InChI=1S/C19H18BrF3N2O5S2/c1-31-10-29-15(26)9-25-17(16(20)18(24)19(21,22)23)14-7-6-13(30-14)11-4-3-5-12(8-11)32(2,27)28/h3-8H,9-10,24H2,1-2H3. The van der Waals surface area contributed by atoms with Crippen molar-refractivity contribution in [1.29, 1.82) is 0 Å². The maximum atomic E-state index is 13.1. The minimum absolute atomic E-state index is 0.0424. The Balaban J connectivity index is 2.50. The Hall–Kier alpha value is -2.25. The first kappa shape index (κ1) is 26.0. The molecule has 0 spiro atoms. The molecular weight excluding hydrogens is 537 g/mol. The highest BCUT2D eigenvalue weighted by Crippen LogP contribution is 2.31. The van der Waals surface area contributed by atoms with Crippen molar-refractivity contribution in [3.8, 4) is 11.3 Å². The lowest BCUT2D eigenvalue weighted by Crippen LogP contribution is -2.23. The molecule has 0 atom stereocenters. The largest absolute Gasteiger partial charge is 0.454 e. The number of allylic oxidation sites excluding steroid dienone is 2. The van der Waals surface area contributed by atoms with Crippen LogP contribution in [0.1, 0.15) is 5.76 Å². The number of hydrogen-bond donors (Lipinski definition) is 1. The van der Waals surface area contributed by atoms with E-state index in [4.69, 9.17) is 14.9 Å². The van der Waals surface area contributed by atoms with Gasteiger partial charge < -0.3 is 14.9 Å². The molecule has 0 saturated heterocycles. The van der Waals surface area contributed by atoms with Crippen LogP contribution in [0.4, 0.5) is 13.2 Å². The van der Waals surface area contributed by atoms with E-state index in [9.17, 15) is 26.4 Å². The van der Waals surface area contributed by atoms with E-state index in [1.807, 2.05) is 0 Å². The fourth-order valence-corrected chi connectivity index (χ4v) is 3.78. The van der Waals surface area contributed by atoms with Crippen molar-refractivity contribution in [2.45, 2.75) is 11.1 Å². The van der Waals surface area contributed by atoms with Gasteiger partial charge in [0.05, 0.1) is 9.38 Å². The molecule has 2 N–H and O–H groups in total. The summed E-state index contributed by atoms with van der Waals surface area (Å²) in [5.41, 5.74) is 3.76. The van der Waals surface area contributed by atoms with Crippen molar-refractivity contribution in [1.82, 2.24) is 0 Å². The van der Waals surface area contributed by atoms with Gasteiger partial charge in [-0.25, -0.2) is 8.42 Å². The lowest BCUT2D eigenvalue weighted by atomic mass is 10.2. The normalized spacial score (nSPS) is 13.6. The maximum Gasteiger partial charge on any atom is 0.431 e. The second-order valence-electron chi connectivity index (χ2n) is 6.28. The highest BCUT2D eigenvalue weighted by Gasteiger charge is 2.35. The maximum absolute atomic E-state index is 13.1. The first-order valence-electron chi connectivity index (χ1n) is 8.67. The van der Waals surface area contributed by atoms with E-state index in [0.717, 1.165) is 6.26 Å². The Morgan fingerprint density at radius 2 is 1.97 bits per heavy atom. The van der Waals surface area contributed by atoms with Crippen molar-refractivity contribution in [2.24, 2.45) is 10.7 Å². The zero-order valence-corrected chi connectivity index (χ0v) is 20.0. The topological polar surface area (TPSA) is 112 Å². The third kappa shape index (κ3) is 6.87. The summed E-state index contributed by atoms with van der Waals surface area (Å²) in [7, 11) is -3.48. The average molecular weight is 555 g/mol. The fourth-order valence-electron chi connectivity index (χ4n) is 2.32. The Kier molecular flexibility index (Phi) is 8.60. The van der Waals surface area contributed by atoms with Crippen LogP contribution in [0.3, 0.4) is 0 Å². The van der Waals surface area contributed by atoms with Gasteiger partial charge in [0.25, 0.3) is 0 Å².